The minimum Gasteiger partial charge on any atom is -0.286 e. The van der Waals surface area contributed by atoms with Crippen LogP contribution < -0.4 is 0 Å². The molecule has 0 aliphatic heterocycles. The fourth-order valence-electron chi connectivity index (χ4n) is 0.709. The first-order chi connectivity index (χ1) is 8.99. The van der Waals surface area contributed by atoms with E-state index in [1.54, 1.807) is 0 Å². The van der Waals surface area contributed by atoms with Crippen LogP contribution in [0.5, 0.6) is 0 Å². The maximum atomic E-state index is 11.3. The van der Waals surface area contributed by atoms with Gasteiger partial charge in [0.05, 0.1) is 24.0 Å². The van der Waals surface area contributed by atoms with Crippen molar-refractivity contribution < 1.29 is 50.5 Å². The highest BCUT2D eigenvalue weighted by Gasteiger charge is 2.37. The van der Waals surface area contributed by atoms with Crippen LogP contribution in [-0.4, -0.2) is 69.6 Å². The van der Waals surface area contributed by atoms with Crippen LogP contribution in [0.2, 0.25) is 0 Å². The Hall–Kier alpha value is -0.295. The van der Waals surface area contributed by atoms with Crippen LogP contribution in [0.1, 0.15) is 0 Å². The molecular weight excluding hydrogens is 379 g/mol. The topological polar surface area (TPSA) is 184 Å². The molecule has 21 heavy (non-hydrogen) atoms. The lowest BCUT2D eigenvalue weighted by molar-refractivity contribution is 0.314. The molecule has 0 spiro atoms. The van der Waals surface area contributed by atoms with Crippen LogP contribution in [0.4, 0.5) is 0 Å². The molecule has 0 aliphatic carbocycles. The summed E-state index contributed by atoms with van der Waals surface area (Å²) in [5, 5.41) is 0. The molecule has 0 amide bonds. The second-order valence-corrected chi connectivity index (χ2v) is 10.0. The third-order valence-electron chi connectivity index (χ3n) is 1.32. The van der Waals surface area contributed by atoms with Gasteiger partial charge >= 0.3 is 7.32 Å². The van der Waals surface area contributed by atoms with Crippen molar-refractivity contribution in [2.24, 2.45) is 0 Å². The Labute approximate surface area is 122 Å². The van der Waals surface area contributed by atoms with E-state index in [1.807, 2.05) is 0 Å². The van der Waals surface area contributed by atoms with Crippen LogP contribution in [0.3, 0.4) is 0 Å². The monoisotopic (exact) mass is 390 g/mol. The second-order valence-electron chi connectivity index (χ2n) is 3.53. The van der Waals surface area contributed by atoms with Crippen LogP contribution in [-0.2, 0) is 52.8 Å². The normalized spacial score (nSPS) is 14.0. The Morgan fingerprint density at radius 3 is 1.43 bits per heavy atom. The number of rotatable bonds is 9. The maximum Gasteiger partial charge on any atom is 0.684 e. The van der Waals surface area contributed by atoms with Gasteiger partial charge in [-0.2, -0.15) is 8.42 Å². The summed E-state index contributed by atoms with van der Waals surface area (Å²) in [6.45, 7) is 0. The van der Waals surface area contributed by atoms with E-state index in [4.69, 9.17) is 4.55 Å². The first-order valence-electron chi connectivity index (χ1n) is 4.62. The minimum atomic E-state index is -4.78. The highest BCUT2D eigenvalue weighted by molar-refractivity contribution is 7.91. The number of hydrogen-bond acceptors (Lipinski definition) is 11. The van der Waals surface area contributed by atoms with Gasteiger partial charge in [0, 0.05) is 0 Å². The van der Waals surface area contributed by atoms with Gasteiger partial charge in [0.1, 0.15) is 0 Å². The molecule has 0 radical (unpaired) electrons. The molecule has 0 atom stereocenters. The van der Waals surface area contributed by atoms with Crippen molar-refractivity contribution >= 4 is 47.8 Å². The van der Waals surface area contributed by atoms with Crippen molar-refractivity contribution in [3.63, 3.8) is 0 Å². The first kappa shape index (κ1) is 20.7. The smallest absolute Gasteiger partial charge is 0.286 e. The lowest BCUT2D eigenvalue weighted by atomic mass is 10.3. The predicted octanol–water partition coefficient (Wildman–Crippen LogP) is -2.84. The van der Waals surface area contributed by atoms with Crippen LogP contribution in [0, 0.1) is 0 Å². The summed E-state index contributed by atoms with van der Waals surface area (Å²) in [5.74, 6) is -2.55. The van der Waals surface area contributed by atoms with Crippen molar-refractivity contribution in [1.29, 1.82) is 0 Å². The zero-order valence-corrected chi connectivity index (χ0v) is 13.8. The molecule has 0 heterocycles. The summed E-state index contributed by atoms with van der Waals surface area (Å²) in [4.78, 5) is 0. The molecule has 0 bridgehead atoms. The van der Waals surface area contributed by atoms with E-state index < -0.39 is 59.3 Å². The Bertz CT molecular complexity index is 723. The van der Waals surface area contributed by atoms with Crippen molar-refractivity contribution in [2.45, 2.75) is 0 Å². The molecule has 0 unspecified atom stereocenters. The molecule has 0 saturated carbocycles. The molecule has 0 aromatic heterocycles. The zero-order valence-electron chi connectivity index (χ0n) is 10.6. The third kappa shape index (κ3) is 13.1. The van der Waals surface area contributed by atoms with E-state index >= 15 is 0 Å². The summed E-state index contributed by atoms with van der Waals surface area (Å²) in [5.41, 5.74) is 0. The molecule has 1 N–H and O–H groups in total. The molecule has 12 nitrogen and oxygen atoms in total. The number of hydrogen-bond donors (Lipinski definition) is 1. The molecule has 0 fully saturated rings. The van der Waals surface area contributed by atoms with Gasteiger partial charge in [0.25, 0.3) is 40.5 Å². The summed E-state index contributed by atoms with van der Waals surface area (Å²) in [7, 11) is -20.8. The summed E-state index contributed by atoms with van der Waals surface area (Å²) >= 11 is 0. The predicted molar refractivity (Wildman–Crippen MR) is 68.9 cm³/mol. The minimum absolute atomic E-state index is 0.458. The van der Waals surface area contributed by atoms with Crippen LogP contribution in [0.25, 0.3) is 0 Å². The average Bonchev–Trinajstić information content (AvgIpc) is 2.06. The zero-order chi connectivity index (χ0) is 17.1. The van der Waals surface area contributed by atoms with Crippen molar-refractivity contribution in [1.82, 2.24) is 0 Å². The van der Waals surface area contributed by atoms with E-state index in [0.29, 0.717) is 12.5 Å². The Balaban J connectivity index is 5.12. The maximum absolute atomic E-state index is 11.3. The average molecular weight is 390 g/mol. The summed E-state index contributed by atoms with van der Waals surface area (Å²) in [6.07, 6.45) is 0.916. The van der Waals surface area contributed by atoms with Gasteiger partial charge in [-0.1, -0.05) is 0 Å². The van der Waals surface area contributed by atoms with Crippen molar-refractivity contribution in [2.75, 3.05) is 24.0 Å². The quantitative estimate of drug-likeness (QED) is 0.314. The third-order valence-corrected chi connectivity index (χ3v) is 4.47. The SMILES string of the molecule is CS(=O)(=O)OB(OS(C)(=O)=O)OS(=O)(=O)CCS(=O)(=O)O. The molecular formula is C4H11BO12S4. The van der Waals surface area contributed by atoms with Gasteiger partial charge in [-0.05, 0) is 0 Å². The van der Waals surface area contributed by atoms with Gasteiger partial charge in [-0.3, -0.25) is 16.9 Å². The standard InChI is InChI=1S/C4H11BO12S4/c1-18(6,7)15-5(16-19(2,8)9)17-21(13,14)4-3-20(10,11)12/h3-4H2,1-2H3,(H,10,11,12). The van der Waals surface area contributed by atoms with Gasteiger partial charge < -0.3 is 0 Å². The molecule has 0 saturated heterocycles. The van der Waals surface area contributed by atoms with E-state index in [1.165, 1.54) is 0 Å². The summed E-state index contributed by atoms with van der Waals surface area (Å²) in [6, 6.07) is 0. The van der Waals surface area contributed by atoms with E-state index in [-0.39, 0.29) is 0 Å². The lowest BCUT2D eigenvalue weighted by Crippen LogP contribution is -2.35. The van der Waals surface area contributed by atoms with Gasteiger partial charge in [0.15, 0.2) is 0 Å². The van der Waals surface area contributed by atoms with E-state index in [0.717, 1.165) is 0 Å². The van der Waals surface area contributed by atoms with Gasteiger partial charge in [-0.15, -0.1) is 0 Å². The Morgan fingerprint density at radius 1 is 0.762 bits per heavy atom. The molecule has 0 aliphatic rings. The Morgan fingerprint density at radius 2 is 1.14 bits per heavy atom. The lowest BCUT2D eigenvalue weighted by Gasteiger charge is -2.11. The van der Waals surface area contributed by atoms with Crippen molar-refractivity contribution in [3.8, 4) is 0 Å². The van der Waals surface area contributed by atoms with Gasteiger partial charge in [-0.25, -0.2) is 25.3 Å². The molecule has 126 valence electrons. The van der Waals surface area contributed by atoms with Crippen LogP contribution >= 0.6 is 0 Å². The molecule has 17 heteroatoms. The van der Waals surface area contributed by atoms with Gasteiger partial charge in [0.2, 0.25) is 0 Å². The Kier molecular flexibility index (Phi) is 6.76. The fourth-order valence-corrected chi connectivity index (χ4v) is 3.66. The second kappa shape index (κ2) is 6.86. The highest BCUT2D eigenvalue weighted by Crippen LogP contribution is 2.07. The largest absolute Gasteiger partial charge is 0.684 e. The van der Waals surface area contributed by atoms with Crippen LogP contribution in [0.15, 0.2) is 0 Å². The first-order valence-corrected chi connectivity index (χ1v) is 11.4. The fraction of sp³-hybridized carbons (Fsp3) is 1.00. The van der Waals surface area contributed by atoms with Crippen molar-refractivity contribution in [3.05, 3.63) is 0 Å². The van der Waals surface area contributed by atoms with E-state index in [2.05, 4.69) is 12.3 Å². The summed E-state index contributed by atoms with van der Waals surface area (Å²) < 4.78 is 107. The molecule has 0 rings (SSSR count). The molecule has 0 aromatic rings. The van der Waals surface area contributed by atoms with E-state index in [9.17, 15) is 33.7 Å². The molecule has 0 aromatic carbocycles. The highest BCUT2D eigenvalue weighted by atomic mass is 32.2.